The first-order valence-corrected chi connectivity index (χ1v) is 8.54. The summed E-state index contributed by atoms with van der Waals surface area (Å²) in [5.41, 5.74) is 1.74. The average Bonchev–Trinajstić information content (AvgIpc) is 2.81. The minimum Gasteiger partial charge on any atom is -0.461 e. The van der Waals surface area contributed by atoms with Crippen molar-refractivity contribution in [3.05, 3.63) is 40.2 Å². The van der Waals surface area contributed by atoms with E-state index in [9.17, 15) is 14.0 Å². The Morgan fingerprint density at radius 3 is 2.83 bits per heavy atom. The fourth-order valence-electron chi connectivity index (χ4n) is 3.03. The van der Waals surface area contributed by atoms with Gasteiger partial charge in [0.15, 0.2) is 0 Å². The van der Waals surface area contributed by atoms with Crippen LogP contribution >= 0.6 is 23.4 Å². The number of halogens is 2. The predicted molar refractivity (Wildman–Crippen MR) is 88.2 cm³/mol. The van der Waals surface area contributed by atoms with Crippen LogP contribution in [0.1, 0.15) is 25.7 Å². The van der Waals surface area contributed by atoms with Crippen LogP contribution in [0.3, 0.4) is 0 Å². The predicted octanol–water partition coefficient (Wildman–Crippen LogP) is 4.52. The van der Waals surface area contributed by atoms with Gasteiger partial charge in [-0.15, -0.1) is 0 Å². The lowest BCUT2D eigenvalue weighted by molar-refractivity contribution is -0.114. The second kappa shape index (κ2) is 6.53. The molecule has 0 radical (unpaired) electrons. The summed E-state index contributed by atoms with van der Waals surface area (Å²) in [6, 6.07) is 4.17. The van der Waals surface area contributed by atoms with Crippen molar-refractivity contribution < 1.29 is 18.7 Å². The number of ether oxygens (including phenoxy) is 1. The molecule has 1 aliphatic carbocycles. The van der Waals surface area contributed by atoms with Gasteiger partial charge in [0.1, 0.15) is 11.2 Å². The van der Waals surface area contributed by atoms with Gasteiger partial charge in [-0.3, -0.25) is 9.69 Å². The van der Waals surface area contributed by atoms with Crippen molar-refractivity contribution in [2.75, 3.05) is 12.0 Å². The highest BCUT2D eigenvalue weighted by Crippen LogP contribution is 2.44. The minimum atomic E-state index is -0.582. The van der Waals surface area contributed by atoms with E-state index in [4.69, 9.17) is 16.3 Å². The van der Waals surface area contributed by atoms with E-state index in [0.29, 0.717) is 12.0 Å². The molecule has 0 N–H and O–H groups in total. The maximum absolute atomic E-state index is 14.3. The zero-order chi connectivity index (χ0) is 16.6. The number of benzene rings is 1. The van der Waals surface area contributed by atoms with Gasteiger partial charge in [0.2, 0.25) is 0 Å². The summed E-state index contributed by atoms with van der Waals surface area (Å²) in [7, 11) is 1.29. The van der Waals surface area contributed by atoms with E-state index >= 15 is 0 Å². The quantitative estimate of drug-likeness (QED) is 0.732. The van der Waals surface area contributed by atoms with Crippen LogP contribution in [0.5, 0.6) is 0 Å². The monoisotopic (exact) mass is 355 g/mol. The molecule has 2 aliphatic rings. The molecule has 1 heterocycles. The van der Waals surface area contributed by atoms with Crippen molar-refractivity contribution >= 4 is 40.3 Å². The molecular weight excluding hydrogens is 341 g/mol. The molecule has 0 saturated heterocycles. The summed E-state index contributed by atoms with van der Waals surface area (Å²) in [5, 5.41) is -0.796. The third-order valence-corrected chi connectivity index (χ3v) is 5.38. The molecule has 0 saturated carbocycles. The van der Waals surface area contributed by atoms with Crippen LogP contribution in [0, 0.1) is 5.82 Å². The van der Waals surface area contributed by atoms with Crippen LogP contribution < -0.4 is 4.90 Å². The molecule has 0 bridgehead atoms. The molecule has 1 aliphatic heterocycles. The van der Waals surface area contributed by atoms with Gasteiger partial charge >= 0.3 is 5.30 Å². The zero-order valence-corrected chi connectivity index (χ0v) is 14.0. The summed E-state index contributed by atoms with van der Waals surface area (Å²) < 4.78 is 19.0. The summed E-state index contributed by atoms with van der Waals surface area (Å²) in [4.78, 5) is 25.8. The number of hydrogen-bond donors (Lipinski definition) is 0. The molecule has 3 rings (SSSR count). The van der Waals surface area contributed by atoms with Crippen LogP contribution in [-0.2, 0) is 9.53 Å². The van der Waals surface area contributed by atoms with Crippen molar-refractivity contribution in [3.63, 3.8) is 0 Å². The molecule has 1 aromatic carbocycles. The highest BCUT2D eigenvalue weighted by molar-refractivity contribution is 8.14. The van der Waals surface area contributed by atoms with E-state index in [1.807, 2.05) is 0 Å². The highest BCUT2D eigenvalue weighted by atomic mass is 35.5. The number of methoxy groups -OCH3 is 1. The number of nitrogens with zero attached hydrogens (tertiary/aromatic N) is 1. The Morgan fingerprint density at radius 2 is 2.13 bits per heavy atom. The molecule has 122 valence electrons. The second-order valence-corrected chi connectivity index (χ2v) is 6.86. The standard InChI is InChI=1S/C16H15ClFNO3S/c1-22-16(21)23-15-11-5-3-2-4-10(11)14(20)19(15)13-7-6-9(17)8-12(13)18/h6-8,15H,2-5H2,1H3. The number of rotatable bonds is 2. The molecular formula is C16H15ClFNO3S. The first-order valence-electron chi connectivity index (χ1n) is 7.28. The van der Waals surface area contributed by atoms with Gasteiger partial charge in [-0.25, -0.2) is 9.18 Å². The van der Waals surface area contributed by atoms with Crippen molar-refractivity contribution in [3.8, 4) is 0 Å². The Kier molecular flexibility index (Phi) is 4.64. The molecule has 1 unspecified atom stereocenters. The van der Waals surface area contributed by atoms with Gasteiger partial charge in [0.25, 0.3) is 5.91 Å². The van der Waals surface area contributed by atoms with Crippen molar-refractivity contribution in [2.45, 2.75) is 31.1 Å². The second-order valence-electron chi connectivity index (χ2n) is 5.41. The molecule has 1 atom stereocenters. The molecule has 1 aromatic rings. The molecule has 4 nitrogen and oxygen atoms in total. The fraction of sp³-hybridized carbons (Fsp3) is 0.375. The maximum atomic E-state index is 14.3. The first kappa shape index (κ1) is 16.3. The third kappa shape index (κ3) is 2.97. The van der Waals surface area contributed by atoms with Crippen LogP contribution in [0.2, 0.25) is 5.02 Å². The van der Waals surface area contributed by atoms with Gasteiger partial charge in [-0.2, -0.15) is 0 Å². The molecule has 0 spiro atoms. The summed E-state index contributed by atoms with van der Waals surface area (Å²) >= 11 is 6.69. The molecule has 0 fully saturated rings. The smallest absolute Gasteiger partial charge is 0.369 e. The molecule has 1 amide bonds. The third-order valence-electron chi connectivity index (χ3n) is 4.06. The van der Waals surface area contributed by atoms with Crippen molar-refractivity contribution in [2.24, 2.45) is 0 Å². The highest BCUT2D eigenvalue weighted by Gasteiger charge is 2.43. The Hall–Kier alpha value is -1.53. The number of anilines is 1. The van der Waals surface area contributed by atoms with Crippen LogP contribution in [0.15, 0.2) is 29.3 Å². The van der Waals surface area contributed by atoms with Crippen LogP contribution in [0.25, 0.3) is 0 Å². The van der Waals surface area contributed by atoms with Crippen molar-refractivity contribution in [1.82, 2.24) is 0 Å². The molecule has 0 aromatic heterocycles. The van der Waals surface area contributed by atoms with Gasteiger partial charge in [-0.05, 0) is 61.2 Å². The SMILES string of the molecule is COC(=O)SC1C2=C(CCCC2)C(=O)N1c1ccc(Cl)cc1F. The van der Waals surface area contributed by atoms with E-state index in [1.54, 1.807) is 0 Å². The van der Waals surface area contributed by atoms with Gasteiger partial charge in [-0.1, -0.05) is 11.6 Å². The fourth-order valence-corrected chi connectivity index (χ4v) is 4.18. The van der Waals surface area contributed by atoms with Gasteiger partial charge in [0.05, 0.1) is 12.8 Å². The normalized spacial score (nSPS) is 20.7. The Balaban J connectivity index is 2.03. The van der Waals surface area contributed by atoms with Crippen LogP contribution in [0.4, 0.5) is 14.9 Å². The zero-order valence-electron chi connectivity index (χ0n) is 12.5. The lowest BCUT2D eigenvalue weighted by atomic mass is 9.94. The topological polar surface area (TPSA) is 46.6 Å². The van der Waals surface area contributed by atoms with E-state index in [2.05, 4.69) is 0 Å². The molecule has 7 heteroatoms. The lowest BCUT2D eigenvalue weighted by Gasteiger charge is -2.26. The van der Waals surface area contributed by atoms with Gasteiger partial charge < -0.3 is 4.74 Å². The van der Waals surface area contributed by atoms with E-state index in [1.165, 1.54) is 30.2 Å². The average molecular weight is 356 g/mol. The number of amides is 1. The maximum Gasteiger partial charge on any atom is 0.369 e. The largest absolute Gasteiger partial charge is 0.461 e. The number of carbonyl (C=O) groups is 2. The van der Waals surface area contributed by atoms with Gasteiger partial charge in [0, 0.05) is 10.6 Å². The van der Waals surface area contributed by atoms with E-state index in [0.717, 1.165) is 36.6 Å². The van der Waals surface area contributed by atoms with E-state index < -0.39 is 16.5 Å². The Morgan fingerprint density at radius 1 is 1.39 bits per heavy atom. The van der Waals surface area contributed by atoms with E-state index in [-0.39, 0.29) is 16.6 Å². The number of thioether (sulfide) groups is 1. The summed E-state index contributed by atoms with van der Waals surface area (Å²) in [5.74, 6) is -0.816. The number of hydrogen-bond acceptors (Lipinski definition) is 4. The Bertz CT molecular complexity index is 707. The Labute approximate surface area is 142 Å². The van der Waals surface area contributed by atoms with Crippen LogP contribution in [-0.4, -0.2) is 23.7 Å². The molecule has 23 heavy (non-hydrogen) atoms. The summed E-state index contributed by atoms with van der Waals surface area (Å²) in [6.45, 7) is 0. The lowest BCUT2D eigenvalue weighted by Crippen LogP contribution is -2.35. The van der Waals surface area contributed by atoms with Crippen molar-refractivity contribution in [1.29, 1.82) is 0 Å². The minimum absolute atomic E-state index is 0.134. The first-order chi connectivity index (χ1) is 11.0. The summed E-state index contributed by atoms with van der Waals surface area (Å²) in [6.07, 6.45) is 3.29. The number of carbonyl (C=O) groups excluding carboxylic acids is 2.